The van der Waals surface area contributed by atoms with Crippen molar-refractivity contribution in [2.45, 2.75) is 32.2 Å². The molecule has 0 aliphatic heterocycles. The quantitative estimate of drug-likeness (QED) is 0.711. The van der Waals surface area contributed by atoms with Crippen molar-refractivity contribution >= 4 is 18.4 Å². The van der Waals surface area contributed by atoms with Crippen molar-refractivity contribution in [1.29, 1.82) is 0 Å². The van der Waals surface area contributed by atoms with Gasteiger partial charge >= 0.3 is 5.97 Å². The van der Waals surface area contributed by atoms with Gasteiger partial charge in [-0.25, -0.2) is 0 Å². The Hall–Kier alpha value is -0.280. The molecule has 0 bridgehead atoms. The van der Waals surface area contributed by atoms with Crippen LogP contribution in [-0.4, -0.2) is 19.1 Å². The molecule has 0 aromatic rings. The molecule has 1 fully saturated rings. The summed E-state index contributed by atoms with van der Waals surface area (Å²) in [5, 5.41) is 0. The van der Waals surface area contributed by atoms with E-state index in [2.05, 4.69) is 11.7 Å². The summed E-state index contributed by atoms with van der Waals surface area (Å²) in [5.41, 5.74) is 5.83. The molecule has 1 atom stereocenters. The Morgan fingerprint density at radius 2 is 2.15 bits per heavy atom. The van der Waals surface area contributed by atoms with Crippen LogP contribution in [0.3, 0.4) is 0 Å². The summed E-state index contributed by atoms with van der Waals surface area (Å²) < 4.78 is 4.64. The SMILES string of the molecule is CCC(N)C1CC(C(=O)OC)C1.Cl. The third-order valence-corrected chi connectivity index (χ3v) is 2.79. The minimum atomic E-state index is -0.0745. The first kappa shape index (κ1) is 12.7. The van der Waals surface area contributed by atoms with Crippen molar-refractivity contribution in [3.8, 4) is 0 Å². The third kappa shape index (κ3) is 2.85. The van der Waals surface area contributed by atoms with E-state index < -0.39 is 0 Å². The summed E-state index contributed by atoms with van der Waals surface area (Å²) >= 11 is 0. The molecule has 4 heteroatoms. The molecule has 0 amide bonds. The average molecular weight is 208 g/mol. The minimum absolute atomic E-state index is 0. The second kappa shape index (κ2) is 5.45. The Balaban J connectivity index is 0.00000144. The lowest BCUT2D eigenvalue weighted by Crippen LogP contribution is -2.41. The van der Waals surface area contributed by atoms with Crippen molar-refractivity contribution in [1.82, 2.24) is 0 Å². The fraction of sp³-hybridized carbons (Fsp3) is 0.889. The molecule has 1 unspecified atom stereocenters. The highest BCUT2D eigenvalue weighted by Crippen LogP contribution is 2.36. The van der Waals surface area contributed by atoms with Crippen LogP contribution in [-0.2, 0) is 9.53 Å². The standard InChI is InChI=1S/C9H17NO2.ClH/c1-3-8(10)6-4-7(5-6)9(11)12-2;/h6-8H,3-5,10H2,1-2H3;1H. The van der Waals surface area contributed by atoms with Crippen molar-refractivity contribution in [3.05, 3.63) is 0 Å². The Labute approximate surface area is 85.4 Å². The smallest absolute Gasteiger partial charge is 0.308 e. The topological polar surface area (TPSA) is 52.3 Å². The molecule has 1 saturated carbocycles. The number of carbonyl (C=O) groups is 1. The highest BCUT2D eigenvalue weighted by atomic mass is 35.5. The van der Waals surface area contributed by atoms with E-state index in [0.29, 0.717) is 5.92 Å². The van der Waals surface area contributed by atoms with Gasteiger partial charge in [-0.15, -0.1) is 12.4 Å². The summed E-state index contributed by atoms with van der Waals surface area (Å²) in [7, 11) is 1.44. The van der Waals surface area contributed by atoms with Crippen LogP contribution in [0.4, 0.5) is 0 Å². The molecule has 0 saturated heterocycles. The van der Waals surface area contributed by atoms with Gasteiger partial charge in [-0.2, -0.15) is 0 Å². The number of hydrogen-bond acceptors (Lipinski definition) is 3. The number of rotatable bonds is 3. The molecule has 13 heavy (non-hydrogen) atoms. The second-order valence-electron chi connectivity index (χ2n) is 3.52. The largest absolute Gasteiger partial charge is 0.469 e. The lowest BCUT2D eigenvalue weighted by molar-refractivity contribution is -0.150. The van der Waals surface area contributed by atoms with Crippen LogP contribution in [0, 0.1) is 11.8 Å². The highest BCUT2D eigenvalue weighted by Gasteiger charge is 2.37. The summed E-state index contributed by atoms with van der Waals surface area (Å²) in [6, 6.07) is 0.269. The third-order valence-electron chi connectivity index (χ3n) is 2.79. The highest BCUT2D eigenvalue weighted by molar-refractivity contribution is 5.85. The van der Waals surface area contributed by atoms with Crippen molar-refractivity contribution in [2.24, 2.45) is 17.6 Å². The molecule has 0 aromatic heterocycles. The number of nitrogens with two attached hydrogens (primary N) is 1. The molecule has 0 heterocycles. The number of methoxy groups -OCH3 is 1. The summed E-state index contributed by atoms with van der Waals surface area (Å²) in [6.07, 6.45) is 2.84. The average Bonchev–Trinajstić information content (AvgIpc) is 2.01. The Bertz CT molecular complexity index is 169. The van der Waals surface area contributed by atoms with E-state index in [0.717, 1.165) is 19.3 Å². The lowest BCUT2D eigenvalue weighted by Gasteiger charge is -2.36. The van der Waals surface area contributed by atoms with Crippen LogP contribution < -0.4 is 5.73 Å². The maximum atomic E-state index is 11.0. The number of hydrogen-bond donors (Lipinski definition) is 1. The molecule has 1 aliphatic carbocycles. The molecule has 2 N–H and O–H groups in total. The summed E-state index contributed by atoms with van der Waals surface area (Å²) in [5.74, 6) is 0.589. The minimum Gasteiger partial charge on any atom is -0.469 e. The van der Waals surface area contributed by atoms with Crippen LogP contribution in [0.1, 0.15) is 26.2 Å². The van der Waals surface area contributed by atoms with Crippen LogP contribution >= 0.6 is 12.4 Å². The van der Waals surface area contributed by atoms with Gasteiger partial charge in [0.2, 0.25) is 0 Å². The molecule has 0 spiro atoms. The van der Waals surface area contributed by atoms with Gasteiger partial charge in [0, 0.05) is 6.04 Å². The second-order valence-corrected chi connectivity index (χ2v) is 3.52. The van der Waals surface area contributed by atoms with Gasteiger partial charge in [-0.05, 0) is 25.2 Å². The Morgan fingerprint density at radius 1 is 1.62 bits per heavy atom. The molecule has 1 aliphatic rings. The normalized spacial score (nSPS) is 28.2. The Morgan fingerprint density at radius 3 is 2.54 bits per heavy atom. The maximum absolute atomic E-state index is 11.0. The van der Waals surface area contributed by atoms with Gasteiger partial charge in [0.25, 0.3) is 0 Å². The van der Waals surface area contributed by atoms with Gasteiger partial charge in [-0.3, -0.25) is 4.79 Å². The van der Waals surface area contributed by atoms with E-state index in [1.165, 1.54) is 7.11 Å². The van der Waals surface area contributed by atoms with Gasteiger partial charge in [0.1, 0.15) is 0 Å². The molecule has 78 valence electrons. The number of esters is 1. The van der Waals surface area contributed by atoms with Crippen LogP contribution in [0.25, 0.3) is 0 Å². The first-order chi connectivity index (χ1) is 5.69. The van der Waals surface area contributed by atoms with Crippen LogP contribution in [0.2, 0.25) is 0 Å². The van der Waals surface area contributed by atoms with E-state index in [-0.39, 0.29) is 30.3 Å². The maximum Gasteiger partial charge on any atom is 0.308 e. The lowest BCUT2D eigenvalue weighted by atomic mass is 9.71. The van der Waals surface area contributed by atoms with Gasteiger partial charge in [0.05, 0.1) is 13.0 Å². The molecule has 1 rings (SSSR count). The fourth-order valence-corrected chi connectivity index (χ4v) is 1.70. The first-order valence-corrected chi connectivity index (χ1v) is 4.52. The van der Waals surface area contributed by atoms with Crippen LogP contribution in [0.15, 0.2) is 0 Å². The molecule has 0 radical (unpaired) electrons. The monoisotopic (exact) mass is 207 g/mol. The zero-order chi connectivity index (χ0) is 9.14. The van der Waals surface area contributed by atoms with Crippen molar-refractivity contribution < 1.29 is 9.53 Å². The van der Waals surface area contributed by atoms with E-state index in [1.807, 2.05) is 0 Å². The molecule has 0 aromatic carbocycles. The summed E-state index contributed by atoms with van der Waals surface area (Å²) in [4.78, 5) is 11.0. The number of carbonyl (C=O) groups excluding carboxylic acids is 1. The van der Waals surface area contributed by atoms with Crippen molar-refractivity contribution in [2.75, 3.05) is 7.11 Å². The van der Waals surface area contributed by atoms with E-state index in [4.69, 9.17) is 5.73 Å². The number of halogens is 1. The fourth-order valence-electron chi connectivity index (χ4n) is 1.70. The van der Waals surface area contributed by atoms with Gasteiger partial charge < -0.3 is 10.5 Å². The predicted octanol–water partition coefficient (Wildman–Crippen LogP) is 1.34. The van der Waals surface area contributed by atoms with E-state index in [9.17, 15) is 4.79 Å². The zero-order valence-corrected chi connectivity index (χ0v) is 8.97. The summed E-state index contributed by atoms with van der Waals surface area (Å²) in [6.45, 7) is 2.08. The molecular weight excluding hydrogens is 190 g/mol. The molecular formula is C9H18ClNO2. The zero-order valence-electron chi connectivity index (χ0n) is 8.16. The Kier molecular flexibility index (Phi) is 5.33. The molecule has 3 nitrogen and oxygen atoms in total. The van der Waals surface area contributed by atoms with Gasteiger partial charge in [-0.1, -0.05) is 6.92 Å². The van der Waals surface area contributed by atoms with Crippen LogP contribution in [0.5, 0.6) is 0 Å². The van der Waals surface area contributed by atoms with Crippen molar-refractivity contribution in [3.63, 3.8) is 0 Å². The first-order valence-electron chi connectivity index (χ1n) is 4.52. The number of ether oxygens (including phenoxy) is 1. The van der Waals surface area contributed by atoms with E-state index >= 15 is 0 Å². The predicted molar refractivity (Wildman–Crippen MR) is 53.7 cm³/mol. The van der Waals surface area contributed by atoms with E-state index in [1.54, 1.807) is 0 Å². The van der Waals surface area contributed by atoms with Gasteiger partial charge in [0.15, 0.2) is 0 Å².